The molecule has 4 rings (SSSR count). The molecule has 27 heavy (non-hydrogen) atoms. The number of para-hydroxylation sites is 2. The van der Waals surface area contributed by atoms with E-state index in [1.807, 2.05) is 54.6 Å². The molecule has 0 radical (unpaired) electrons. The molecule has 4 nitrogen and oxygen atoms in total. The number of aromatic nitrogens is 2. The topological polar surface area (TPSA) is 54.9 Å². The van der Waals surface area contributed by atoms with Crippen molar-refractivity contribution >= 4 is 16.9 Å². The highest BCUT2D eigenvalue weighted by molar-refractivity contribution is 5.94. The third-order valence-corrected chi connectivity index (χ3v) is 4.29. The summed E-state index contributed by atoms with van der Waals surface area (Å²) >= 11 is 0. The Kier molecular flexibility index (Phi) is 4.58. The molecule has 1 atom stereocenters. The van der Waals surface area contributed by atoms with Crippen molar-refractivity contribution in [1.82, 2.24) is 15.3 Å². The van der Waals surface area contributed by atoms with Gasteiger partial charge in [0.25, 0.3) is 5.91 Å². The molecular weight excluding hydrogens is 341 g/mol. The van der Waals surface area contributed by atoms with E-state index < -0.39 is 6.04 Å². The van der Waals surface area contributed by atoms with E-state index in [-0.39, 0.29) is 17.4 Å². The predicted molar refractivity (Wildman–Crippen MR) is 102 cm³/mol. The van der Waals surface area contributed by atoms with Gasteiger partial charge in [-0.1, -0.05) is 54.6 Å². The van der Waals surface area contributed by atoms with Gasteiger partial charge in [0.05, 0.1) is 23.3 Å². The first-order valence-electron chi connectivity index (χ1n) is 8.54. The van der Waals surface area contributed by atoms with Crippen LogP contribution in [0.4, 0.5) is 4.39 Å². The fourth-order valence-corrected chi connectivity index (χ4v) is 2.93. The maximum Gasteiger partial charge on any atom is 0.272 e. The number of hydrogen-bond donors (Lipinski definition) is 1. The molecule has 0 spiro atoms. The van der Waals surface area contributed by atoms with E-state index in [0.717, 1.165) is 16.6 Å². The highest BCUT2D eigenvalue weighted by Crippen LogP contribution is 2.23. The van der Waals surface area contributed by atoms with Gasteiger partial charge in [-0.25, -0.2) is 9.37 Å². The van der Waals surface area contributed by atoms with E-state index in [1.54, 1.807) is 12.1 Å². The second kappa shape index (κ2) is 7.33. The number of hydrogen-bond acceptors (Lipinski definition) is 3. The zero-order chi connectivity index (χ0) is 18.6. The summed E-state index contributed by atoms with van der Waals surface area (Å²) in [6.45, 7) is 0. The average molecular weight is 357 g/mol. The Morgan fingerprint density at radius 1 is 0.815 bits per heavy atom. The molecule has 0 aliphatic carbocycles. The highest BCUT2D eigenvalue weighted by atomic mass is 19.1. The number of amides is 1. The van der Waals surface area contributed by atoms with Crippen molar-refractivity contribution in [1.29, 1.82) is 0 Å². The van der Waals surface area contributed by atoms with Crippen LogP contribution in [0.15, 0.2) is 85.1 Å². The first-order valence-corrected chi connectivity index (χ1v) is 8.54. The van der Waals surface area contributed by atoms with E-state index in [2.05, 4.69) is 15.3 Å². The van der Waals surface area contributed by atoms with Crippen molar-refractivity contribution in [3.8, 4) is 0 Å². The van der Waals surface area contributed by atoms with Crippen molar-refractivity contribution in [3.63, 3.8) is 0 Å². The monoisotopic (exact) mass is 357 g/mol. The normalized spacial score (nSPS) is 11.9. The minimum Gasteiger partial charge on any atom is -0.340 e. The molecule has 0 aliphatic rings. The lowest BCUT2D eigenvalue weighted by Gasteiger charge is -2.19. The van der Waals surface area contributed by atoms with Gasteiger partial charge in [0, 0.05) is 0 Å². The van der Waals surface area contributed by atoms with E-state index in [1.165, 1.54) is 18.3 Å². The summed E-state index contributed by atoms with van der Waals surface area (Å²) in [5, 5.41) is 2.99. The van der Waals surface area contributed by atoms with Crippen molar-refractivity contribution in [2.75, 3.05) is 0 Å². The standard InChI is InChI=1S/C22H16FN3O/c23-17-12-10-16(11-13-17)21(15-6-2-1-3-7-15)26-22(27)20-14-24-18-8-4-5-9-19(18)25-20/h1-14,21H,(H,26,27). The second-order valence-corrected chi connectivity index (χ2v) is 6.11. The molecule has 0 aliphatic heterocycles. The van der Waals surface area contributed by atoms with E-state index >= 15 is 0 Å². The van der Waals surface area contributed by atoms with Gasteiger partial charge in [0.15, 0.2) is 0 Å². The minimum absolute atomic E-state index is 0.233. The van der Waals surface area contributed by atoms with Gasteiger partial charge in [-0.2, -0.15) is 0 Å². The van der Waals surface area contributed by atoms with Gasteiger partial charge in [0.1, 0.15) is 11.5 Å². The van der Waals surface area contributed by atoms with Gasteiger partial charge < -0.3 is 5.32 Å². The van der Waals surface area contributed by atoms with Gasteiger partial charge >= 0.3 is 0 Å². The molecular formula is C22H16FN3O. The molecule has 132 valence electrons. The molecule has 0 saturated carbocycles. The van der Waals surface area contributed by atoms with Crippen molar-refractivity contribution in [2.24, 2.45) is 0 Å². The van der Waals surface area contributed by atoms with Crippen LogP contribution in [0.3, 0.4) is 0 Å². The molecule has 0 saturated heterocycles. The number of rotatable bonds is 4. The Hall–Kier alpha value is -3.60. The van der Waals surface area contributed by atoms with Crippen LogP contribution in [0.25, 0.3) is 11.0 Å². The van der Waals surface area contributed by atoms with Crippen molar-refractivity contribution < 1.29 is 9.18 Å². The molecule has 1 heterocycles. The summed E-state index contributed by atoms with van der Waals surface area (Å²) in [5.41, 5.74) is 3.29. The Labute approximate surface area is 155 Å². The highest BCUT2D eigenvalue weighted by Gasteiger charge is 2.19. The number of nitrogens with one attached hydrogen (secondary N) is 1. The Morgan fingerprint density at radius 2 is 1.44 bits per heavy atom. The summed E-state index contributed by atoms with van der Waals surface area (Å²) in [7, 11) is 0. The molecule has 0 fully saturated rings. The van der Waals surface area contributed by atoms with Crippen LogP contribution in [0.2, 0.25) is 0 Å². The van der Waals surface area contributed by atoms with Crippen LogP contribution in [-0.4, -0.2) is 15.9 Å². The van der Waals surface area contributed by atoms with Crippen LogP contribution in [0.1, 0.15) is 27.7 Å². The Bertz CT molecular complexity index is 1080. The first kappa shape index (κ1) is 16.8. The number of fused-ring (bicyclic) bond motifs is 1. The van der Waals surface area contributed by atoms with Crippen LogP contribution in [-0.2, 0) is 0 Å². The van der Waals surface area contributed by atoms with Gasteiger partial charge in [-0.05, 0) is 35.4 Å². The van der Waals surface area contributed by atoms with Crippen molar-refractivity contribution in [3.05, 3.63) is 108 Å². The molecule has 0 bridgehead atoms. The van der Waals surface area contributed by atoms with E-state index in [4.69, 9.17) is 0 Å². The molecule has 1 N–H and O–H groups in total. The third kappa shape index (κ3) is 3.67. The third-order valence-electron chi connectivity index (χ3n) is 4.29. The number of nitrogens with zero attached hydrogens (tertiary/aromatic N) is 2. The zero-order valence-corrected chi connectivity index (χ0v) is 14.3. The first-order chi connectivity index (χ1) is 13.2. The zero-order valence-electron chi connectivity index (χ0n) is 14.3. The quantitative estimate of drug-likeness (QED) is 0.593. The number of benzene rings is 3. The number of carbonyl (C=O) groups is 1. The number of carbonyl (C=O) groups excluding carboxylic acids is 1. The lowest BCUT2D eigenvalue weighted by molar-refractivity contribution is 0.0938. The Morgan fingerprint density at radius 3 is 2.19 bits per heavy atom. The molecule has 1 unspecified atom stereocenters. The van der Waals surface area contributed by atoms with Crippen LogP contribution < -0.4 is 5.32 Å². The summed E-state index contributed by atoms with van der Waals surface area (Å²) in [5.74, 6) is -0.663. The van der Waals surface area contributed by atoms with Gasteiger partial charge in [0.2, 0.25) is 0 Å². The lowest BCUT2D eigenvalue weighted by atomic mass is 9.98. The van der Waals surface area contributed by atoms with Crippen molar-refractivity contribution in [2.45, 2.75) is 6.04 Å². The summed E-state index contributed by atoms with van der Waals surface area (Å²) in [6.07, 6.45) is 1.46. The molecule has 5 heteroatoms. The smallest absolute Gasteiger partial charge is 0.272 e. The number of halogens is 1. The summed E-state index contributed by atoms with van der Waals surface area (Å²) in [6, 6.07) is 22.6. The molecule has 3 aromatic carbocycles. The fraction of sp³-hybridized carbons (Fsp3) is 0.0455. The maximum absolute atomic E-state index is 13.3. The summed E-state index contributed by atoms with van der Waals surface area (Å²) in [4.78, 5) is 21.5. The minimum atomic E-state index is -0.424. The van der Waals surface area contributed by atoms with Crippen LogP contribution >= 0.6 is 0 Å². The van der Waals surface area contributed by atoms with E-state index in [9.17, 15) is 9.18 Å². The van der Waals surface area contributed by atoms with Crippen LogP contribution in [0.5, 0.6) is 0 Å². The predicted octanol–water partition coefficient (Wildman–Crippen LogP) is 4.29. The fourth-order valence-electron chi connectivity index (χ4n) is 2.93. The molecule has 4 aromatic rings. The Balaban J connectivity index is 1.67. The van der Waals surface area contributed by atoms with Gasteiger partial charge in [-0.15, -0.1) is 0 Å². The largest absolute Gasteiger partial charge is 0.340 e. The van der Waals surface area contributed by atoms with Crippen LogP contribution in [0, 0.1) is 5.82 Å². The lowest BCUT2D eigenvalue weighted by Crippen LogP contribution is -2.30. The van der Waals surface area contributed by atoms with Gasteiger partial charge in [-0.3, -0.25) is 9.78 Å². The molecule has 1 aromatic heterocycles. The SMILES string of the molecule is O=C(NC(c1ccccc1)c1ccc(F)cc1)c1cnc2ccccc2n1. The maximum atomic E-state index is 13.3. The van der Waals surface area contributed by atoms with E-state index in [0.29, 0.717) is 5.52 Å². The molecule has 1 amide bonds. The summed E-state index contributed by atoms with van der Waals surface area (Å²) < 4.78 is 13.3. The average Bonchev–Trinajstić information content (AvgIpc) is 2.73. The second-order valence-electron chi connectivity index (χ2n) is 6.11.